The summed E-state index contributed by atoms with van der Waals surface area (Å²) in [5.41, 5.74) is 2.58. The number of rotatable bonds is 3. The van der Waals surface area contributed by atoms with Crippen molar-refractivity contribution in [2.24, 2.45) is 0 Å². The number of non-ortho nitro benzene ring substituents is 1. The van der Waals surface area contributed by atoms with Gasteiger partial charge >= 0.3 is 0 Å². The minimum atomic E-state index is -0.415. The Morgan fingerprint density at radius 2 is 1.73 bits per heavy atom. The third-order valence-electron chi connectivity index (χ3n) is 3.23. The maximum Gasteiger partial charge on any atom is 0.269 e. The predicted octanol–water partition coefficient (Wildman–Crippen LogP) is 4.97. The number of nitro benzene ring substituents is 1. The van der Waals surface area contributed by atoms with Crippen LogP contribution < -0.4 is 0 Å². The van der Waals surface area contributed by atoms with Crippen molar-refractivity contribution in [3.8, 4) is 0 Å². The fourth-order valence-corrected chi connectivity index (χ4v) is 2.25. The molecule has 0 atom stereocenters. The predicted molar refractivity (Wildman–Crippen MR) is 88.8 cm³/mol. The van der Waals surface area contributed by atoms with Gasteiger partial charge in [0.1, 0.15) is 0 Å². The molecule has 108 valence electrons. The van der Waals surface area contributed by atoms with Crippen molar-refractivity contribution in [2.75, 3.05) is 0 Å². The zero-order chi connectivity index (χ0) is 15.5. The molecule has 0 radical (unpaired) electrons. The van der Waals surface area contributed by atoms with E-state index < -0.39 is 4.92 Å². The molecule has 1 aromatic heterocycles. The molecule has 0 bridgehead atoms. The fourth-order valence-electron chi connectivity index (χ4n) is 2.09. The minimum absolute atomic E-state index is 0.0793. The van der Waals surface area contributed by atoms with Crippen LogP contribution in [0.15, 0.2) is 54.6 Å². The molecule has 5 heteroatoms. The molecule has 0 amide bonds. The third kappa shape index (κ3) is 3.13. The van der Waals surface area contributed by atoms with Crippen LogP contribution in [0.25, 0.3) is 23.1 Å². The lowest BCUT2D eigenvalue weighted by Gasteiger charge is -2.00. The zero-order valence-corrected chi connectivity index (χ0v) is 12.2. The van der Waals surface area contributed by atoms with E-state index in [1.807, 2.05) is 42.5 Å². The molecular formula is C17H11ClN2O2. The Balaban J connectivity index is 1.86. The maximum atomic E-state index is 10.6. The van der Waals surface area contributed by atoms with E-state index in [1.54, 1.807) is 12.1 Å². The van der Waals surface area contributed by atoms with Gasteiger partial charge in [0.25, 0.3) is 5.69 Å². The SMILES string of the molecule is O=[N+]([O-])c1ccc(/C=C/c2ccc3ccc(Cl)cc3n2)cc1. The van der Waals surface area contributed by atoms with Gasteiger partial charge in [-0.25, -0.2) is 4.98 Å². The second-order valence-corrected chi connectivity index (χ2v) is 5.19. The number of nitro groups is 1. The quantitative estimate of drug-likeness (QED) is 0.507. The Bertz CT molecular complexity index is 873. The molecule has 0 unspecified atom stereocenters. The molecule has 4 nitrogen and oxygen atoms in total. The van der Waals surface area contributed by atoms with Crippen LogP contribution in [-0.2, 0) is 0 Å². The van der Waals surface area contributed by atoms with Crippen LogP contribution in [0, 0.1) is 10.1 Å². The first-order valence-electron chi connectivity index (χ1n) is 6.61. The summed E-state index contributed by atoms with van der Waals surface area (Å²) in [7, 11) is 0. The van der Waals surface area contributed by atoms with E-state index in [2.05, 4.69) is 4.98 Å². The molecule has 3 rings (SSSR count). The number of halogens is 1. The second-order valence-electron chi connectivity index (χ2n) is 4.76. The van der Waals surface area contributed by atoms with Gasteiger partial charge in [-0.2, -0.15) is 0 Å². The van der Waals surface area contributed by atoms with E-state index in [-0.39, 0.29) is 5.69 Å². The van der Waals surface area contributed by atoms with Crippen molar-refractivity contribution in [1.29, 1.82) is 0 Å². The Hall–Kier alpha value is -2.72. The molecule has 0 aliphatic heterocycles. The molecule has 2 aromatic carbocycles. The number of fused-ring (bicyclic) bond motifs is 1. The van der Waals surface area contributed by atoms with E-state index in [0.29, 0.717) is 5.02 Å². The van der Waals surface area contributed by atoms with Crippen molar-refractivity contribution in [3.05, 3.63) is 81.0 Å². The van der Waals surface area contributed by atoms with Gasteiger partial charge < -0.3 is 0 Å². The summed E-state index contributed by atoms with van der Waals surface area (Å²) >= 11 is 5.97. The van der Waals surface area contributed by atoms with Gasteiger partial charge in [0.2, 0.25) is 0 Å². The Morgan fingerprint density at radius 3 is 2.45 bits per heavy atom. The highest BCUT2D eigenvalue weighted by molar-refractivity contribution is 6.31. The molecule has 0 aliphatic carbocycles. The monoisotopic (exact) mass is 310 g/mol. The minimum Gasteiger partial charge on any atom is -0.258 e. The van der Waals surface area contributed by atoms with Crippen LogP contribution in [0.2, 0.25) is 5.02 Å². The number of nitrogens with zero attached hydrogens (tertiary/aromatic N) is 2. The summed E-state index contributed by atoms with van der Waals surface area (Å²) in [6.45, 7) is 0. The highest BCUT2D eigenvalue weighted by Gasteiger charge is 2.02. The molecule has 3 aromatic rings. The van der Waals surface area contributed by atoms with Crippen LogP contribution in [0.5, 0.6) is 0 Å². The summed E-state index contributed by atoms with van der Waals surface area (Å²) in [4.78, 5) is 14.7. The highest BCUT2D eigenvalue weighted by Crippen LogP contribution is 2.19. The summed E-state index contributed by atoms with van der Waals surface area (Å²) in [5, 5.41) is 12.3. The van der Waals surface area contributed by atoms with Crippen molar-refractivity contribution < 1.29 is 4.92 Å². The number of hydrogen-bond acceptors (Lipinski definition) is 3. The first-order valence-corrected chi connectivity index (χ1v) is 6.98. The highest BCUT2D eigenvalue weighted by atomic mass is 35.5. The second kappa shape index (κ2) is 5.95. The van der Waals surface area contributed by atoms with Gasteiger partial charge in [-0.1, -0.05) is 29.8 Å². The molecule has 0 saturated heterocycles. The van der Waals surface area contributed by atoms with Gasteiger partial charge in [-0.3, -0.25) is 10.1 Å². The number of benzene rings is 2. The molecule has 0 spiro atoms. The van der Waals surface area contributed by atoms with Crippen molar-refractivity contribution in [1.82, 2.24) is 4.98 Å². The zero-order valence-electron chi connectivity index (χ0n) is 11.4. The molecular weight excluding hydrogens is 300 g/mol. The molecule has 0 N–H and O–H groups in total. The largest absolute Gasteiger partial charge is 0.269 e. The molecule has 22 heavy (non-hydrogen) atoms. The van der Waals surface area contributed by atoms with E-state index in [1.165, 1.54) is 12.1 Å². The van der Waals surface area contributed by atoms with Crippen molar-refractivity contribution >= 4 is 40.3 Å². The first-order chi connectivity index (χ1) is 10.6. The van der Waals surface area contributed by atoms with Crippen molar-refractivity contribution in [2.45, 2.75) is 0 Å². The van der Waals surface area contributed by atoms with Crippen LogP contribution in [-0.4, -0.2) is 9.91 Å². The Kier molecular flexibility index (Phi) is 3.85. The Morgan fingerprint density at radius 1 is 1.00 bits per heavy atom. The fraction of sp³-hybridized carbons (Fsp3) is 0. The topological polar surface area (TPSA) is 56.0 Å². The molecule has 0 fully saturated rings. The van der Waals surface area contributed by atoms with Gasteiger partial charge in [0.05, 0.1) is 16.1 Å². The Labute approximate surface area is 131 Å². The summed E-state index contributed by atoms with van der Waals surface area (Å²) in [5.74, 6) is 0. The standard InChI is InChI=1S/C17H11ClN2O2/c18-14-6-4-13-5-8-15(19-17(13)11-14)7-1-12-2-9-16(10-3-12)20(21)22/h1-11H/b7-1+. The smallest absolute Gasteiger partial charge is 0.258 e. The molecule has 0 saturated carbocycles. The normalized spacial score (nSPS) is 11.1. The summed E-state index contributed by atoms with van der Waals surface area (Å²) in [6, 6.07) is 15.8. The van der Waals surface area contributed by atoms with Gasteiger partial charge in [0.15, 0.2) is 0 Å². The van der Waals surface area contributed by atoms with Gasteiger partial charge in [-0.15, -0.1) is 0 Å². The lowest BCUT2D eigenvalue weighted by atomic mass is 10.1. The summed E-state index contributed by atoms with van der Waals surface area (Å²) in [6.07, 6.45) is 3.73. The lowest BCUT2D eigenvalue weighted by molar-refractivity contribution is -0.384. The maximum absolute atomic E-state index is 10.6. The van der Waals surface area contributed by atoms with Gasteiger partial charge in [0, 0.05) is 22.5 Å². The average Bonchev–Trinajstić information content (AvgIpc) is 2.53. The third-order valence-corrected chi connectivity index (χ3v) is 3.46. The van der Waals surface area contributed by atoms with E-state index >= 15 is 0 Å². The van der Waals surface area contributed by atoms with Crippen LogP contribution in [0.1, 0.15) is 11.3 Å². The van der Waals surface area contributed by atoms with E-state index in [9.17, 15) is 10.1 Å². The lowest BCUT2D eigenvalue weighted by Crippen LogP contribution is -1.86. The number of hydrogen-bond donors (Lipinski definition) is 0. The summed E-state index contributed by atoms with van der Waals surface area (Å²) < 4.78 is 0. The van der Waals surface area contributed by atoms with Crippen molar-refractivity contribution in [3.63, 3.8) is 0 Å². The number of pyridine rings is 1. The molecule has 1 heterocycles. The van der Waals surface area contributed by atoms with Crippen LogP contribution in [0.3, 0.4) is 0 Å². The van der Waals surface area contributed by atoms with Crippen LogP contribution >= 0.6 is 11.6 Å². The van der Waals surface area contributed by atoms with Crippen LogP contribution in [0.4, 0.5) is 5.69 Å². The number of aromatic nitrogens is 1. The van der Waals surface area contributed by atoms with E-state index in [0.717, 1.165) is 22.2 Å². The molecule has 0 aliphatic rings. The average molecular weight is 311 g/mol. The van der Waals surface area contributed by atoms with Gasteiger partial charge in [-0.05, 0) is 42.0 Å². The first kappa shape index (κ1) is 14.2. The van der Waals surface area contributed by atoms with E-state index in [4.69, 9.17) is 11.6 Å².